The van der Waals surface area contributed by atoms with Gasteiger partial charge in [0.05, 0.1) is 5.54 Å². The number of likely N-dealkylation sites (tertiary alicyclic amines) is 1. The highest BCUT2D eigenvalue weighted by molar-refractivity contribution is 8.14. The van der Waals surface area contributed by atoms with Gasteiger partial charge in [0, 0.05) is 25.5 Å². The standard InChI is InChI=1S/C14H25N3OS/c1-2-8-17(7-1)9-3-6-15-13-16-14(12-19-13)4-10-18-11-5-14/h1-12H2,(H,15,16). The van der Waals surface area contributed by atoms with Crippen molar-refractivity contribution in [1.29, 1.82) is 0 Å². The summed E-state index contributed by atoms with van der Waals surface area (Å²) in [4.78, 5) is 7.30. The van der Waals surface area contributed by atoms with E-state index in [0.29, 0.717) is 0 Å². The molecule has 3 aliphatic heterocycles. The lowest BCUT2D eigenvalue weighted by molar-refractivity contribution is 0.0555. The van der Waals surface area contributed by atoms with Crippen LogP contribution in [0.3, 0.4) is 0 Å². The van der Waals surface area contributed by atoms with Gasteiger partial charge in [-0.05, 0) is 51.7 Å². The number of hydrogen-bond acceptors (Lipinski definition) is 4. The summed E-state index contributed by atoms with van der Waals surface area (Å²) in [6.45, 7) is 6.59. The minimum absolute atomic E-state index is 0.288. The molecule has 1 N–H and O–H groups in total. The molecule has 0 aliphatic carbocycles. The number of nitrogens with zero attached hydrogens (tertiary/aromatic N) is 2. The van der Waals surface area contributed by atoms with Crippen LogP contribution in [0.15, 0.2) is 4.99 Å². The van der Waals surface area contributed by atoms with E-state index in [1.807, 2.05) is 11.8 Å². The molecule has 1 spiro atoms. The number of ether oxygens (including phenoxy) is 1. The summed E-state index contributed by atoms with van der Waals surface area (Å²) in [6.07, 6.45) is 6.23. The van der Waals surface area contributed by atoms with Crippen LogP contribution in [0.4, 0.5) is 0 Å². The Bertz CT molecular complexity index is 323. The third-order valence-electron chi connectivity index (χ3n) is 4.39. The van der Waals surface area contributed by atoms with E-state index >= 15 is 0 Å². The first-order valence-corrected chi connectivity index (χ1v) is 8.60. The molecule has 0 aromatic carbocycles. The van der Waals surface area contributed by atoms with E-state index in [0.717, 1.165) is 32.6 Å². The second-order valence-corrected chi connectivity index (χ2v) is 6.86. The van der Waals surface area contributed by atoms with Gasteiger partial charge in [-0.1, -0.05) is 11.8 Å². The monoisotopic (exact) mass is 283 g/mol. The summed E-state index contributed by atoms with van der Waals surface area (Å²) in [6, 6.07) is 0. The van der Waals surface area contributed by atoms with Gasteiger partial charge in [-0.15, -0.1) is 0 Å². The molecule has 3 heterocycles. The lowest BCUT2D eigenvalue weighted by Gasteiger charge is -2.32. The molecule has 5 heteroatoms. The molecule has 0 radical (unpaired) electrons. The van der Waals surface area contributed by atoms with Gasteiger partial charge < -0.3 is 15.0 Å². The van der Waals surface area contributed by atoms with Crippen molar-refractivity contribution in [1.82, 2.24) is 10.2 Å². The van der Waals surface area contributed by atoms with E-state index in [2.05, 4.69) is 10.2 Å². The minimum Gasteiger partial charge on any atom is -0.381 e. The number of rotatable bonds is 4. The first-order chi connectivity index (χ1) is 9.36. The number of aliphatic imine (C=N–C) groups is 1. The first kappa shape index (κ1) is 13.7. The van der Waals surface area contributed by atoms with Crippen LogP contribution >= 0.6 is 11.8 Å². The molecule has 0 amide bonds. The lowest BCUT2D eigenvalue weighted by Crippen LogP contribution is -2.48. The summed E-state index contributed by atoms with van der Waals surface area (Å²) in [5.74, 6) is 1.17. The number of nitrogens with one attached hydrogen (secondary N) is 1. The van der Waals surface area contributed by atoms with Gasteiger partial charge in [-0.25, -0.2) is 0 Å². The van der Waals surface area contributed by atoms with Crippen molar-refractivity contribution in [2.75, 3.05) is 45.1 Å². The lowest BCUT2D eigenvalue weighted by atomic mass is 9.93. The average Bonchev–Trinajstić information content (AvgIpc) is 3.07. The third-order valence-corrected chi connectivity index (χ3v) is 5.60. The van der Waals surface area contributed by atoms with Crippen LogP contribution in [0, 0.1) is 0 Å². The second-order valence-electron chi connectivity index (χ2n) is 5.90. The predicted molar refractivity (Wildman–Crippen MR) is 81.0 cm³/mol. The summed E-state index contributed by atoms with van der Waals surface area (Å²) in [7, 11) is 0. The van der Waals surface area contributed by atoms with Gasteiger partial charge in [0.1, 0.15) is 0 Å². The summed E-state index contributed by atoms with van der Waals surface area (Å²) in [5, 5.41) is 4.82. The van der Waals surface area contributed by atoms with Crippen molar-refractivity contribution in [2.45, 2.75) is 37.6 Å². The fourth-order valence-electron chi connectivity index (χ4n) is 3.10. The predicted octanol–water partition coefficient (Wildman–Crippen LogP) is 1.71. The number of amidine groups is 1. The maximum atomic E-state index is 5.45. The van der Waals surface area contributed by atoms with Gasteiger partial charge in [-0.3, -0.25) is 4.99 Å². The number of hydrogen-bond donors (Lipinski definition) is 1. The van der Waals surface area contributed by atoms with Crippen molar-refractivity contribution in [3.63, 3.8) is 0 Å². The van der Waals surface area contributed by atoms with Crippen LogP contribution in [0.1, 0.15) is 32.1 Å². The average molecular weight is 283 g/mol. The molecule has 3 rings (SSSR count). The van der Waals surface area contributed by atoms with Crippen molar-refractivity contribution in [2.24, 2.45) is 4.99 Å². The molecule has 0 saturated carbocycles. The zero-order valence-corrected chi connectivity index (χ0v) is 12.5. The molecule has 19 heavy (non-hydrogen) atoms. The fourth-order valence-corrected chi connectivity index (χ4v) is 4.35. The van der Waals surface area contributed by atoms with E-state index in [9.17, 15) is 0 Å². The molecule has 0 aromatic rings. The Balaban J connectivity index is 1.38. The Labute approximate surface area is 120 Å². The highest BCUT2D eigenvalue weighted by Gasteiger charge is 2.38. The Kier molecular flexibility index (Phi) is 4.66. The zero-order chi connectivity index (χ0) is 13.0. The van der Waals surface area contributed by atoms with Crippen LogP contribution in [-0.2, 0) is 4.74 Å². The summed E-state index contributed by atoms with van der Waals surface area (Å²) in [5.41, 5.74) is 0.288. The van der Waals surface area contributed by atoms with E-state index < -0.39 is 0 Å². The second kappa shape index (κ2) is 6.46. The number of thioether (sulfide) groups is 1. The molecule has 0 unspecified atom stereocenters. The highest BCUT2D eigenvalue weighted by Crippen LogP contribution is 2.31. The van der Waals surface area contributed by atoms with Crippen molar-refractivity contribution < 1.29 is 4.74 Å². The van der Waals surface area contributed by atoms with E-state index in [1.54, 1.807) is 0 Å². The smallest absolute Gasteiger partial charge is 0.157 e. The third kappa shape index (κ3) is 3.64. The topological polar surface area (TPSA) is 36.9 Å². The Morgan fingerprint density at radius 3 is 2.84 bits per heavy atom. The van der Waals surface area contributed by atoms with Gasteiger partial charge in [0.25, 0.3) is 0 Å². The first-order valence-electron chi connectivity index (χ1n) is 7.62. The molecule has 3 saturated heterocycles. The molecular weight excluding hydrogens is 258 g/mol. The SMILES string of the molecule is C1CCN(CCCN=C2NC3(CCOCC3)CS2)C1. The Morgan fingerprint density at radius 1 is 1.26 bits per heavy atom. The van der Waals surface area contributed by atoms with Crippen molar-refractivity contribution in [3.8, 4) is 0 Å². The Hall–Kier alpha value is -0.260. The van der Waals surface area contributed by atoms with Crippen LogP contribution in [0.5, 0.6) is 0 Å². The largest absolute Gasteiger partial charge is 0.381 e. The summed E-state index contributed by atoms with van der Waals surface area (Å²) >= 11 is 1.90. The maximum Gasteiger partial charge on any atom is 0.157 e. The Morgan fingerprint density at radius 2 is 2.05 bits per heavy atom. The molecule has 3 fully saturated rings. The summed E-state index contributed by atoms with van der Waals surface area (Å²) < 4.78 is 5.45. The van der Waals surface area contributed by atoms with Crippen LogP contribution < -0.4 is 5.32 Å². The molecule has 0 aromatic heterocycles. The van der Waals surface area contributed by atoms with E-state index in [4.69, 9.17) is 9.73 Å². The highest BCUT2D eigenvalue weighted by atomic mass is 32.2. The van der Waals surface area contributed by atoms with Crippen molar-refractivity contribution >= 4 is 16.9 Å². The molecule has 0 bridgehead atoms. The van der Waals surface area contributed by atoms with Gasteiger partial charge in [0.15, 0.2) is 5.17 Å². The molecule has 4 nitrogen and oxygen atoms in total. The van der Waals surface area contributed by atoms with Gasteiger partial charge >= 0.3 is 0 Å². The quantitative estimate of drug-likeness (QED) is 0.797. The zero-order valence-electron chi connectivity index (χ0n) is 11.7. The fraction of sp³-hybridized carbons (Fsp3) is 0.929. The van der Waals surface area contributed by atoms with E-state index in [1.165, 1.54) is 49.8 Å². The minimum atomic E-state index is 0.288. The van der Waals surface area contributed by atoms with Crippen LogP contribution in [0.25, 0.3) is 0 Å². The van der Waals surface area contributed by atoms with Crippen molar-refractivity contribution in [3.05, 3.63) is 0 Å². The van der Waals surface area contributed by atoms with Gasteiger partial charge in [0.2, 0.25) is 0 Å². The van der Waals surface area contributed by atoms with Crippen LogP contribution in [-0.4, -0.2) is 60.8 Å². The maximum absolute atomic E-state index is 5.45. The molecule has 0 atom stereocenters. The normalized spacial score (nSPS) is 29.2. The molecule has 108 valence electrons. The van der Waals surface area contributed by atoms with Gasteiger partial charge in [-0.2, -0.15) is 0 Å². The molecule has 3 aliphatic rings. The van der Waals surface area contributed by atoms with Crippen LogP contribution in [0.2, 0.25) is 0 Å². The van der Waals surface area contributed by atoms with E-state index in [-0.39, 0.29) is 5.54 Å². The molecular formula is C14H25N3OS.